The van der Waals surface area contributed by atoms with Crippen LogP contribution in [0.5, 0.6) is 0 Å². The Morgan fingerprint density at radius 3 is 2.89 bits per heavy atom. The molecule has 2 aromatic rings. The predicted molar refractivity (Wildman–Crippen MR) is 75.5 cm³/mol. The van der Waals surface area contributed by atoms with Crippen molar-refractivity contribution in [1.29, 1.82) is 0 Å². The van der Waals surface area contributed by atoms with Crippen LogP contribution >= 0.6 is 0 Å². The Labute approximate surface area is 113 Å². The Morgan fingerprint density at radius 1 is 1.42 bits per heavy atom. The summed E-state index contributed by atoms with van der Waals surface area (Å²) in [5.74, 6) is 1.05. The summed E-state index contributed by atoms with van der Waals surface area (Å²) < 4.78 is 5.28. The molecular formula is C14H20N4O. The highest BCUT2D eigenvalue weighted by Crippen LogP contribution is 2.37. The summed E-state index contributed by atoms with van der Waals surface area (Å²) in [6.07, 6.45) is 4.67. The molecule has 0 atom stereocenters. The van der Waals surface area contributed by atoms with Gasteiger partial charge < -0.3 is 14.6 Å². The number of anilines is 1. The number of H-pyrrole nitrogens is 1. The van der Waals surface area contributed by atoms with Crippen molar-refractivity contribution in [3.63, 3.8) is 0 Å². The Morgan fingerprint density at radius 2 is 2.21 bits per heavy atom. The fourth-order valence-electron chi connectivity index (χ4n) is 2.99. The molecule has 1 fully saturated rings. The molecule has 102 valence electrons. The molecule has 0 spiro atoms. The first kappa shape index (κ1) is 12.4. The molecule has 0 saturated carbocycles. The van der Waals surface area contributed by atoms with Gasteiger partial charge in [0.2, 0.25) is 0 Å². The lowest BCUT2D eigenvalue weighted by molar-refractivity contribution is 0.0699. The summed E-state index contributed by atoms with van der Waals surface area (Å²) in [7, 11) is 1.76. The van der Waals surface area contributed by atoms with Gasteiger partial charge in [-0.2, -0.15) is 0 Å². The van der Waals surface area contributed by atoms with Crippen molar-refractivity contribution in [3.05, 3.63) is 18.1 Å². The molecule has 1 N–H and O–H groups in total. The molecule has 3 rings (SSSR count). The topological polar surface area (TPSA) is 54.0 Å². The molecule has 3 heterocycles. The van der Waals surface area contributed by atoms with Crippen molar-refractivity contribution < 1.29 is 4.74 Å². The van der Waals surface area contributed by atoms with Gasteiger partial charge in [-0.05, 0) is 12.0 Å². The molecule has 0 aromatic carbocycles. The minimum atomic E-state index is 0.245. The van der Waals surface area contributed by atoms with E-state index < -0.39 is 0 Å². The number of aromatic amines is 1. The Balaban J connectivity index is 1.92. The summed E-state index contributed by atoms with van der Waals surface area (Å²) in [4.78, 5) is 14.3. The van der Waals surface area contributed by atoms with Gasteiger partial charge in [-0.15, -0.1) is 0 Å². The van der Waals surface area contributed by atoms with Crippen molar-refractivity contribution in [2.75, 3.05) is 31.7 Å². The van der Waals surface area contributed by atoms with Crippen LogP contribution in [-0.4, -0.2) is 41.8 Å². The number of fused-ring (bicyclic) bond motifs is 1. The van der Waals surface area contributed by atoms with Gasteiger partial charge in [-0.1, -0.05) is 13.8 Å². The molecule has 1 saturated heterocycles. The average molecular weight is 260 g/mol. The van der Waals surface area contributed by atoms with Crippen LogP contribution in [0.25, 0.3) is 11.0 Å². The van der Waals surface area contributed by atoms with Gasteiger partial charge in [0, 0.05) is 31.8 Å². The van der Waals surface area contributed by atoms with Crippen LogP contribution in [0.1, 0.15) is 19.4 Å². The van der Waals surface area contributed by atoms with Crippen LogP contribution in [0.4, 0.5) is 5.82 Å². The second kappa shape index (κ2) is 4.49. The molecule has 0 amide bonds. The number of ether oxygens (including phenoxy) is 1. The standard InChI is InChI=1S/C14H20N4O/c1-4-10-5-15-12-11(10)13(17-9-16-12)18-6-14(2,7-18)8-19-3/h5,9H,4,6-8H2,1-3H3,(H,15,16,17). The van der Waals surface area contributed by atoms with Gasteiger partial charge in [0.05, 0.1) is 12.0 Å². The third-order valence-corrected chi connectivity index (χ3v) is 3.85. The molecule has 0 bridgehead atoms. The second-order valence-electron chi connectivity index (χ2n) is 5.69. The summed E-state index contributed by atoms with van der Waals surface area (Å²) >= 11 is 0. The normalized spacial score (nSPS) is 17.7. The maximum absolute atomic E-state index is 5.28. The predicted octanol–water partition coefficient (Wildman–Crippen LogP) is 1.99. The van der Waals surface area contributed by atoms with Crippen molar-refractivity contribution >= 4 is 16.9 Å². The van der Waals surface area contributed by atoms with E-state index in [1.807, 2.05) is 6.20 Å². The highest BCUT2D eigenvalue weighted by molar-refractivity contribution is 5.91. The van der Waals surface area contributed by atoms with E-state index in [0.29, 0.717) is 0 Å². The van der Waals surface area contributed by atoms with Gasteiger partial charge in [0.25, 0.3) is 0 Å². The zero-order valence-corrected chi connectivity index (χ0v) is 11.7. The summed E-state index contributed by atoms with van der Waals surface area (Å²) in [5, 5.41) is 1.17. The van der Waals surface area contributed by atoms with Crippen molar-refractivity contribution in [2.45, 2.75) is 20.3 Å². The highest BCUT2D eigenvalue weighted by atomic mass is 16.5. The third-order valence-electron chi connectivity index (χ3n) is 3.85. The largest absolute Gasteiger partial charge is 0.384 e. The van der Waals surface area contributed by atoms with Crippen LogP contribution in [0.3, 0.4) is 0 Å². The number of hydrogen-bond donors (Lipinski definition) is 1. The molecular weight excluding hydrogens is 240 g/mol. The van der Waals surface area contributed by atoms with E-state index >= 15 is 0 Å². The van der Waals surface area contributed by atoms with E-state index in [-0.39, 0.29) is 5.41 Å². The minimum Gasteiger partial charge on any atom is -0.384 e. The number of rotatable bonds is 4. The second-order valence-corrected chi connectivity index (χ2v) is 5.69. The van der Waals surface area contributed by atoms with Gasteiger partial charge in [-0.25, -0.2) is 9.97 Å². The lowest BCUT2D eigenvalue weighted by Gasteiger charge is -2.48. The van der Waals surface area contributed by atoms with E-state index in [1.54, 1.807) is 13.4 Å². The van der Waals surface area contributed by atoms with Crippen LogP contribution in [0.15, 0.2) is 12.5 Å². The first-order valence-corrected chi connectivity index (χ1v) is 6.72. The van der Waals surface area contributed by atoms with E-state index in [0.717, 1.165) is 37.6 Å². The molecule has 1 aliphatic heterocycles. The fourth-order valence-corrected chi connectivity index (χ4v) is 2.99. The maximum Gasteiger partial charge on any atom is 0.143 e. The van der Waals surface area contributed by atoms with Crippen molar-refractivity contribution in [2.24, 2.45) is 5.41 Å². The number of nitrogens with one attached hydrogen (secondary N) is 1. The third kappa shape index (κ3) is 1.98. The molecule has 5 heteroatoms. The van der Waals surface area contributed by atoms with E-state index in [4.69, 9.17) is 4.74 Å². The number of nitrogens with zero attached hydrogens (tertiary/aromatic N) is 3. The molecule has 19 heavy (non-hydrogen) atoms. The van der Waals surface area contributed by atoms with Crippen LogP contribution in [0.2, 0.25) is 0 Å². The summed E-state index contributed by atoms with van der Waals surface area (Å²) in [5.41, 5.74) is 2.46. The average Bonchev–Trinajstić information content (AvgIpc) is 2.79. The summed E-state index contributed by atoms with van der Waals surface area (Å²) in [6.45, 7) is 7.18. The van der Waals surface area contributed by atoms with Crippen molar-refractivity contribution in [1.82, 2.24) is 15.0 Å². The van der Waals surface area contributed by atoms with Crippen LogP contribution in [0, 0.1) is 5.41 Å². The first-order chi connectivity index (χ1) is 9.17. The van der Waals surface area contributed by atoms with Gasteiger partial charge in [-0.3, -0.25) is 0 Å². The molecule has 5 nitrogen and oxygen atoms in total. The van der Waals surface area contributed by atoms with E-state index in [9.17, 15) is 0 Å². The lowest BCUT2D eigenvalue weighted by Crippen LogP contribution is -2.57. The molecule has 1 aliphatic rings. The minimum absolute atomic E-state index is 0.245. The number of aromatic nitrogens is 3. The summed E-state index contributed by atoms with van der Waals surface area (Å²) in [6, 6.07) is 0. The molecule has 0 radical (unpaired) electrons. The Bertz CT molecular complexity index is 586. The Hall–Kier alpha value is -1.62. The van der Waals surface area contributed by atoms with E-state index in [1.165, 1.54) is 10.9 Å². The number of methoxy groups -OCH3 is 1. The van der Waals surface area contributed by atoms with Crippen LogP contribution in [-0.2, 0) is 11.2 Å². The van der Waals surface area contributed by atoms with Crippen LogP contribution < -0.4 is 4.90 Å². The lowest BCUT2D eigenvalue weighted by atomic mass is 9.82. The fraction of sp³-hybridized carbons (Fsp3) is 0.571. The number of hydrogen-bond acceptors (Lipinski definition) is 4. The monoisotopic (exact) mass is 260 g/mol. The molecule has 0 aliphatic carbocycles. The molecule has 0 unspecified atom stereocenters. The number of aryl methyl sites for hydroxylation is 1. The van der Waals surface area contributed by atoms with Gasteiger partial charge in [0.15, 0.2) is 0 Å². The van der Waals surface area contributed by atoms with E-state index in [2.05, 4.69) is 33.7 Å². The zero-order valence-electron chi connectivity index (χ0n) is 11.7. The first-order valence-electron chi connectivity index (χ1n) is 6.72. The van der Waals surface area contributed by atoms with Gasteiger partial charge in [0.1, 0.15) is 17.8 Å². The Kier molecular flexibility index (Phi) is 2.93. The SMILES string of the molecule is CCc1c[nH]c2ncnc(N3CC(C)(COC)C3)c12. The molecule has 2 aromatic heterocycles. The maximum atomic E-state index is 5.28. The highest BCUT2D eigenvalue weighted by Gasteiger charge is 2.40. The zero-order chi connectivity index (χ0) is 13.5. The quantitative estimate of drug-likeness (QED) is 0.913. The smallest absolute Gasteiger partial charge is 0.143 e. The van der Waals surface area contributed by atoms with Gasteiger partial charge >= 0.3 is 0 Å². The van der Waals surface area contributed by atoms with Crippen molar-refractivity contribution in [3.8, 4) is 0 Å².